The summed E-state index contributed by atoms with van der Waals surface area (Å²) >= 11 is 0. The van der Waals surface area contributed by atoms with Crippen LogP contribution in [-0.2, 0) is 4.79 Å². The number of rotatable bonds is 4. The summed E-state index contributed by atoms with van der Waals surface area (Å²) in [7, 11) is 0. The monoisotopic (exact) mass is 230 g/mol. The van der Waals surface area contributed by atoms with Gasteiger partial charge in [0.15, 0.2) is 5.78 Å². The zero-order chi connectivity index (χ0) is 12.4. The Morgan fingerprint density at radius 3 is 2.82 bits per heavy atom. The molecule has 2 aromatic heterocycles. The molecule has 0 spiro atoms. The summed E-state index contributed by atoms with van der Waals surface area (Å²) in [6.07, 6.45) is 3.25. The molecule has 17 heavy (non-hydrogen) atoms. The summed E-state index contributed by atoms with van der Waals surface area (Å²) in [5.74, 6) is -0.309. The lowest BCUT2D eigenvalue weighted by molar-refractivity contribution is -0.121. The first-order valence-corrected chi connectivity index (χ1v) is 5.58. The van der Waals surface area contributed by atoms with Gasteiger partial charge in [-0.05, 0) is 12.1 Å². The molecular weight excluding hydrogens is 216 g/mol. The average Bonchev–Trinajstić information content (AvgIpc) is 2.72. The van der Waals surface area contributed by atoms with E-state index in [1.165, 1.54) is 6.20 Å². The van der Waals surface area contributed by atoms with Gasteiger partial charge in [0.2, 0.25) is 0 Å². The molecule has 0 radical (unpaired) electrons. The van der Waals surface area contributed by atoms with Gasteiger partial charge in [-0.2, -0.15) is 5.10 Å². The van der Waals surface area contributed by atoms with E-state index < -0.39 is 0 Å². The second-order valence-electron chi connectivity index (χ2n) is 4.31. The van der Waals surface area contributed by atoms with E-state index in [2.05, 4.69) is 5.10 Å². The fraction of sp³-hybridized carbons (Fsp3) is 0.308. The lowest BCUT2D eigenvalue weighted by atomic mass is 10.0. The van der Waals surface area contributed by atoms with E-state index in [1.54, 1.807) is 24.6 Å². The van der Waals surface area contributed by atoms with Gasteiger partial charge in [0.1, 0.15) is 5.78 Å². The number of aromatic nitrogens is 2. The number of nitrogens with zero attached hydrogens (tertiary/aromatic N) is 2. The average molecular weight is 230 g/mol. The van der Waals surface area contributed by atoms with Crippen molar-refractivity contribution in [1.82, 2.24) is 9.61 Å². The third-order valence-electron chi connectivity index (χ3n) is 2.71. The van der Waals surface area contributed by atoms with Crippen LogP contribution in [0.3, 0.4) is 0 Å². The normalized spacial score (nSPS) is 11.0. The number of fused-ring (bicyclic) bond motifs is 1. The van der Waals surface area contributed by atoms with E-state index in [0.717, 1.165) is 5.52 Å². The summed E-state index contributed by atoms with van der Waals surface area (Å²) in [6.45, 7) is 3.59. The standard InChI is InChI=1S/C13H14N2O2/c1-9(2)12(16)7-13(17)10-8-14-15-6-4-3-5-11(10)15/h3-6,8-9H,7H2,1-2H3. The minimum absolute atomic E-state index is 0.0368. The Bertz CT molecular complexity index is 570. The van der Waals surface area contributed by atoms with Crippen LogP contribution >= 0.6 is 0 Å². The van der Waals surface area contributed by atoms with Crippen LogP contribution in [-0.4, -0.2) is 21.2 Å². The summed E-state index contributed by atoms with van der Waals surface area (Å²) < 4.78 is 1.63. The van der Waals surface area contributed by atoms with Crippen molar-refractivity contribution in [3.63, 3.8) is 0 Å². The molecule has 2 rings (SSSR count). The van der Waals surface area contributed by atoms with Crippen LogP contribution in [0.25, 0.3) is 5.52 Å². The molecule has 0 bridgehead atoms. The number of hydrogen-bond donors (Lipinski definition) is 0. The highest BCUT2D eigenvalue weighted by molar-refractivity contribution is 6.11. The zero-order valence-corrected chi connectivity index (χ0v) is 9.88. The van der Waals surface area contributed by atoms with Crippen molar-refractivity contribution in [3.8, 4) is 0 Å². The Labute approximate surface area is 99.3 Å². The molecule has 4 heteroatoms. The Hall–Kier alpha value is -1.97. The van der Waals surface area contributed by atoms with Crippen molar-refractivity contribution in [3.05, 3.63) is 36.2 Å². The molecule has 0 fully saturated rings. The highest BCUT2D eigenvalue weighted by atomic mass is 16.1. The highest BCUT2D eigenvalue weighted by Crippen LogP contribution is 2.13. The number of ketones is 2. The number of pyridine rings is 1. The smallest absolute Gasteiger partial charge is 0.174 e. The van der Waals surface area contributed by atoms with Crippen LogP contribution in [0.15, 0.2) is 30.6 Å². The molecule has 0 unspecified atom stereocenters. The van der Waals surface area contributed by atoms with Gasteiger partial charge in [0.05, 0.1) is 23.7 Å². The first-order chi connectivity index (χ1) is 8.09. The van der Waals surface area contributed by atoms with Gasteiger partial charge in [-0.3, -0.25) is 9.59 Å². The van der Waals surface area contributed by atoms with E-state index in [9.17, 15) is 9.59 Å². The zero-order valence-electron chi connectivity index (χ0n) is 9.88. The fourth-order valence-electron chi connectivity index (χ4n) is 1.61. The maximum atomic E-state index is 12.0. The maximum Gasteiger partial charge on any atom is 0.174 e. The van der Waals surface area contributed by atoms with Crippen LogP contribution in [0.5, 0.6) is 0 Å². The molecule has 0 saturated heterocycles. The maximum absolute atomic E-state index is 12.0. The number of Topliss-reactive ketones (excluding diaryl/α,β-unsaturated/α-hetero) is 2. The topological polar surface area (TPSA) is 51.4 Å². The van der Waals surface area contributed by atoms with E-state index in [0.29, 0.717) is 5.56 Å². The van der Waals surface area contributed by atoms with Gasteiger partial charge in [0, 0.05) is 12.1 Å². The van der Waals surface area contributed by atoms with E-state index >= 15 is 0 Å². The van der Waals surface area contributed by atoms with Gasteiger partial charge in [0.25, 0.3) is 0 Å². The van der Waals surface area contributed by atoms with Gasteiger partial charge in [-0.15, -0.1) is 0 Å². The van der Waals surface area contributed by atoms with Crippen molar-refractivity contribution < 1.29 is 9.59 Å². The van der Waals surface area contributed by atoms with Gasteiger partial charge >= 0.3 is 0 Å². The minimum atomic E-state index is -0.162. The minimum Gasteiger partial charge on any atom is -0.299 e. The van der Waals surface area contributed by atoms with Crippen molar-refractivity contribution in [1.29, 1.82) is 0 Å². The third kappa shape index (κ3) is 2.25. The molecule has 0 N–H and O–H groups in total. The summed E-state index contributed by atoms with van der Waals surface area (Å²) in [5.41, 5.74) is 1.26. The van der Waals surface area contributed by atoms with Crippen molar-refractivity contribution in [2.24, 2.45) is 5.92 Å². The molecule has 2 heterocycles. The second kappa shape index (κ2) is 4.49. The third-order valence-corrected chi connectivity index (χ3v) is 2.71. The summed E-state index contributed by atoms with van der Waals surface area (Å²) in [4.78, 5) is 23.5. The van der Waals surface area contributed by atoms with Crippen LogP contribution in [0.1, 0.15) is 30.6 Å². The molecule has 0 aromatic carbocycles. The van der Waals surface area contributed by atoms with E-state index in [-0.39, 0.29) is 23.9 Å². The molecule has 0 amide bonds. The van der Waals surface area contributed by atoms with Crippen molar-refractivity contribution in [2.75, 3.05) is 0 Å². The highest BCUT2D eigenvalue weighted by Gasteiger charge is 2.17. The lowest BCUT2D eigenvalue weighted by Gasteiger charge is -2.02. The van der Waals surface area contributed by atoms with E-state index in [1.807, 2.05) is 18.2 Å². The lowest BCUT2D eigenvalue weighted by Crippen LogP contribution is -2.13. The van der Waals surface area contributed by atoms with Crippen LogP contribution in [0.4, 0.5) is 0 Å². The number of carbonyl (C=O) groups is 2. The second-order valence-corrected chi connectivity index (χ2v) is 4.31. The summed E-state index contributed by atoms with van der Waals surface area (Å²) in [6, 6.07) is 5.51. The predicted octanol–water partition coefficient (Wildman–Crippen LogP) is 2.13. The number of hydrogen-bond acceptors (Lipinski definition) is 3. The van der Waals surface area contributed by atoms with Crippen LogP contribution in [0.2, 0.25) is 0 Å². The Morgan fingerprint density at radius 1 is 1.35 bits per heavy atom. The van der Waals surface area contributed by atoms with Crippen LogP contribution < -0.4 is 0 Å². The predicted molar refractivity (Wildman–Crippen MR) is 64.0 cm³/mol. The van der Waals surface area contributed by atoms with Gasteiger partial charge in [-0.25, -0.2) is 4.52 Å². The Morgan fingerprint density at radius 2 is 2.12 bits per heavy atom. The summed E-state index contributed by atoms with van der Waals surface area (Å²) in [5, 5.41) is 4.08. The molecule has 2 aromatic rings. The first-order valence-electron chi connectivity index (χ1n) is 5.58. The molecular formula is C13H14N2O2. The molecule has 0 saturated carbocycles. The molecule has 0 aliphatic carbocycles. The molecule has 0 aliphatic heterocycles. The van der Waals surface area contributed by atoms with E-state index in [4.69, 9.17) is 0 Å². The van der Waals surface area contributed by atoms with Gasteiger partial charge < -0.3 is 0 Å². The SMILES string of the molecule is CC(C)C(=O)CC(=O)c1cnn2ccccc12. The first kappa shape index (κ1) is 11.5. The van der Waals surface area contributed by atoms with Crippen molar-refractivity contribution >= 4 is 17.1 Å². The molecule has 4 nitrogen and oxygen atoms in total. The molecule has 0 aliphatic rings. The van der Waals surface area contributed by atoms with Gasteiger partial charge in [-0.1, -0.05) is 19.9 Å². The largest absolute Gasteiger partial charge is 0.299 e. The Balaban J connectivity index is 2.28. The molecule has 0 atom stereocenters. The quantitative estimate of drug-likeness (QED) is 0.597. The van der Waals surface area contributed by atoms with Crippen molar-refractivity contribution in [2.45, 2.75) is 20.3 Å². The molecule has 88 valence electrons. The number of carbonyl (C=O) groups excluding carboxylic acids is 2. The fourth-order valence-corrected chi connectivity index (χ4v) is 1.61. The Kier molecular flexibility index (Phi) is 3.04. The van der Waals surface area contributed by atoms with Crippen LogP contribution in [0, 0.1) is 5.92 Å².